The highest BCUT2D eigenvalue weighted by atomic mass is 32.1. The van der Waals surface area contributed by atoms with Crippen LogP contribution in [0, 0.1) is 0 Å². The summed E-state index contributed by atoms with van der Waals surface area (Å²) in [7, 11) is 0. The third-order valence-corrected chi connectivity index (χ3v) is 2.94. The Morgan fingerprint density at radius 1 is 1.26 bits per heavy atom. The molecule has 6 nitrogen and oxygen atoms in total. The van der Waals surface area contributed by atoms with Gasteiger partial charge in [-0.1, -0.05) is 12.1 Å². The maximum Gasteiger partial charge on any atom is 0.262 e. The van der Waals surface area contributed by atoms with Crippen molar-refractivity contribution in [1.29, 1.82) is 0 Å². The number of fused-ring (bicyclic) bond motifs is 1. The molecule has 7 heteroatoms. The van der Waals surface area contributed by atoms with E-state index >= 15 is 0 Å². The average molecular weight is 277 g/mol. The molecule has 19 heavy (non-hydrogen) atoms. The van der Waals surface area contributed by atoms with E-state index in [-0.39, 0.29) is 5.11 Å². The van der Waals surface area contributed by atoms with Crippen LogP contribution in [0.15, 0.2) is 24.3 Å². The van der Waals surface area contributed by atoms with Crippen molar-refractivity contribution >= 4 is 35.1 Å². The van der Waals surface area contributed by atoms with Gasteiger partial charge in [0.25, 0.3) is 11.8 Å². The summed E-state index contributed by atoms with van der Waals surface area (Å²) in [6.07, 6.45) is 0. The molecule has 1 atom stereocenters. The topological polar surface area (TPSA) is 92.5 Å². The summed E-state index contributed by atoms with van der Waals surface area (Å²) >= 11 is 4.55. The Labute approximate surface area is 114 Å². The van der Waals surface area contributed by atoms with E-state index in [1.807, 2.05) is 0 Å². The Bertz CT molecular complexity index is 565. The summed E-state index contributed by atoms with van der Waals surface area (Å²) in [5.74, 6) is -1.58. The van der Waals surface area contributed by atoms with Gasteiger partial charge in [-0.2, -0.15) is 0 Å². The number of thiocarbonyl (C=S) groups is 1. The minimum absolute atomic E-state index is 0.201. The maximum absolute atomic E-state index is 12.1. The Balaban J connectivity index is 2.29. The van der Waals surface area contributed by atoms with Crippen LogP contribution in [-0.2, 0) is 4.79 Å². The van der Waals surface area contributed by atoms with Crippen LogP contribution in [0.3, 0.4) is 0 Å². The molecule has 0 fully saturated rings. The van der Waals surface area contributed by atoms with Gasteiger partial charge in [-0.15, -0.1) is 0 Å². The van der Waals surface area contributed by atoms with E-state index in [0.29, 0.717) is 11.1 Å². The molecule has 0 unspecified atom stereocenters. The van der Waals surface area contributed by atoms with Crippen LogP contribution in [-0.4, -0.2) is 33.8 Å². The fourth-order valence-corrected chi connectivity index (χ4v) is 2.00. The standard InChI is InChI=1S/C12H11N3O3S/c1-6(9(16)14-12(13)19)15-10(17)7-4-2-3-5-8(7)11(15)18/h2-6H,1H3,(H3,13,14,16,19)/t6-/m0/s1. The van der Waals surface area contributed by atoms with Crippen LogP contribution < -0.4 is 11.1 Å². The number of hydrogen-bond donors (Lipinski definition) is 2. The minimum Gasteiger partial charge on any atom is -0.376 e. The Morgan fingerprint density at radius 3 is 2.16 bits per heavy atom. The van der Waals surface area contributed by atoms with Crippen LogP contribution in [0.4, 0.5) is 0 Å². The summed E-state index contributed by atoms with van der Waals surface area (Å²) < 4.78 is 0. The van der Waals surface area contributed by atoms with Gasteiger partial charge in [0.15, 0.2) is 5.11 Å². The lowest BCUT2D eigenvalue weighted by Gasteiger charge is -2.21. The molecule has 1 aromatic carbocycles. The molecule has 0 radical (unpaired) electrons. The van der Waals surface area contributed by atoms with Crippen molar-refractivity contribution in [3.8, 4) is 0 Å². The van der Waals surface area contributed by atoms with E-state index in [2.05, 4.69) is 17.5 Å². The zero-order valence-corrected chi connectivity index (χ0v) is 10.9. The fraction of sp³-hybridized carbons (Fsp3) is 0.167. The van der Waals surface area contributed by atoms with Gasteiger partial charge in [0.2, 0.25) is 5.91 Å². The molecule has 1 aromatic rings. The van der Waals surface area contributed by atoms with Crippen LogP contribution >= 0.6 is 12.2 Å². The second-order valence-electron chi connectivity index (χ2n) is 4.06. The lowest BCUT2D eigenvalue weighted by molar-refractivity contribution is -0.123. The van der Waals surface area contributed by atoms with E-state index in [1.54, 1.807) is 24.3 Å². The molecule has 0 spiro atoms. The van der Waals surface area contributed by atoms with Gasteiger partial charge in [-0.3, -0.25) is 19.3 Å². The van der Waals surface area contributed by atoms with E-state index in [1.165, 1.54) is 6.92 Å². The lowest BCUT2D eigenvalue weighted by Crippen LogP contribution is -2.50. The second-order valence-corrected chi connectivity index (χ2v) is 4.50. The smallest absolute Gasteiger partial charge is 0.262 e. The second kappa shape index (κ2) is 4.77. The molecule has 3 N–H and O–H groups in total. The predicted molar refractivity (Wildman–Crippen MR) is 71.3 cm³/mol. The first-order valence-electron chi connectivity index (χ1n) is 5.50. The lowest BCUT2D eigenvalue weighted by atomic mass is 10.1. The average Bonchev–Trinajstić information content (AvgIpc) is 2.61. The maximum atomic E-state index is 12.1. The molecule has 0 saturated carbocycles. The summed E-state index contributed by atoms with van der Waals surface area (Å²) in [5, 5.41) is 2.01. The van der Waals surface area contributed by atoms with E-state index in [4.69, 9.17) is 5.73 Å². The number of carbonyl (C=O) groups is 3. The van der Waals surface area contributed by atoms with Crippen molar-refractivity contribution < 1.29 is 14.4 Å². The Hall–Kier alpha value is -2.28. The van der Waals surface area contributed by atoms with Gasteiger partial charge in [-0.25, -0.2) is 0 Å². The molecule has 1 aliphatic rings. The van der Waals surface area contributed by atoms with Gasteiger partial charge in [-0.05, 0) is 31.3 Å². The first-order chi connectivity index (χ1) is 8.93. The van der Waals surface area contributed by atoms with E-state index < -0.39 is 23.8 Å². The van der Waals surface area contributed by atoms with Crippen LogP contribution in [0.2, 0.25) is 0 Å². The fourth-order valence-electron chi connectivity index (χ4n) is 1.90. The van der Waals surface area contributed by atoms with Crippen LogP contribution in [0.1, 0.15) is 27.6 Å². The summed E-state index contributed by atoms with van der Waals surface area (Å²) in [5.41, 5.74) is 5.78. The first kappa shape index (κ1) is 13.2. The quantitative estimate of drug-likeness (QED) is 0.588. The highest BCUT2D eigenvalue weighted by Gasteiger charge is 2.40. The van der Waals surface area contributed by atoms with Crippen molar-refractivity contribution in [1.82, 2.24) is 10.2 Å². The minimum atomic E-state index is -0.978. The summed E-state index contributed by atoms with van der Waals surface area (Å²) in [4.78, 5) is 36.9. The summed E-state index contributed by atoms with van der Waals surface area (Å²) in [6, 6.07) is 5.44. The van der Waals surface area contributed by atoms with Gasteiger partial charge in [0.1, 0.15) is 6.04 Å². The number of nitrogens with two attached hydrogens (primary N) is 1. The monoisotopic (exact) mass is 277 g/mol. The van der Waals surface area contributed by atoms with E-state index in [0.717, 1.165) is 4.90 Å². The normalized spacial score (nSPS) is 15.1. The molecule has 0 aromatic heterocycles. The zero-order chi connectivity index (χ0) is 14.2. The molecule has 98 valence electrons. The van der Waals surface area contributed by atoms with Crippen molar-refractivity contribution in [3.63, 3.8) is 0 Å². The van der Waals surface area contributed by atoms with Crippen LogP contribution in [0.5, 0.6) is 0 Å². The Kier molecular flexibility index (Phi) is 3.30. The number of imide groups is 1. The summed E-state index contributed by atoms with van der Waals surface area (Å²) in [6.45, 7) is 1.44. The number of benzene rings is 1. The zero-order valence-electron chi connectivity index (χ0n) is 10.0. The molecule has 0 bridgehead atoms. The van der Waals surface area contributed by atoms with Gasteiger partial charge in [0, 0.05) is 0 Å². The molecule has 0 saturated heterocycles. The van der Waals surface area contributed by atoms with Crippen molar-refractivity contribution in [2.24, 2.45) is 5.73 Å². The van der Waals surface area contributed by atoms with Crippen molar-refractivity contribution in [3.05, 3.63) is 35.4 Å². The molecule has 0 aliphatic carbocycles. The third kappa shape index (κ3) is 2.19. The van der Waals surface area contributed by atoms with Gasteiger partial charge < -0.3 is 11.1 Å². The largest absolute Gasteiger partial charge is 0.376 e. The Morgan fingerprint density at radius 2 is 1.74 bits per heavy atom. The molecule has 1 heterocycles. The number of hydrogen-bond acceptors (Lipinski definition) is 4. The third-order valence-electron chi connectivity index (χ3n) is 2.84. The number of nitrogens with one attached hydrogen (secondary N) is 1. The van der Waals surface area contributed by atoms with Crippen molar-refractivity contribution in [2.45, 2.75) is 13.0 Å². The molecular formula is C12H11N3O3S. The van der Waals surface area contributed by atoms with Crippen molar-refractivity contribution in [2.75, 3.05) is 0 Å². The number of amides is 3. The van der Waals surface area contributed by atoms with E-state index in [9.17, 15) is 14.4 Å². The molecular weight excluding hydrogens is 266 g/mol. The SMILES string of the molecule is C[C@@H](C(=O)NC(N)=S)N1C(=O)c2ccccc2C1=O. The van der Waals surface area contributed by atoms with Crippen LogP contribution in [0.25, 0.3) is 0 Å². The molecule has 3 amide bonds. The highest BCUT2D eigenvalue weighted by Crippen LogP contribution is 2.24. The highest BCUT2D eigenvalue weighted by molar-refractivity contribution is 7.80. The van der Waals surface area contributed by atoms with Gasteiger partial charge >= 0.3 is 0 Å². The molecule has 1 aliphatic heterocycles. The number of carbonyl (C=O) groups excluding carboxylic acids is 3. The first-order valence-corrected chi connectivity index (χ1v) is 5.91. The number of rotatable bonds is 2. The predicted octanol–water partition coefficient (Wildman–Crippen LogP) is 0.0309. The number of nitrogens with zero attached hydrogens (tertiary/aromatic N) is 1. The van der Waals surface area contributed by atoms with Gasteiger partial charge in [0.05, 0.1) is 11.1 Å². The molecule has 2 rings (SSSR count).